The number of thioether (sulfide) groups is 1. The quantitative estimate of drug-likeness (QED) is 0.505. The third kappa shape index (κ3) is 4.98. The minimum Gasteiger partial charge on any atom is -0.351 e. The van der Waals surface area contributed by atoms with Gasteiger partial charge in [-0.2, -0.15) is 16.9 Å². The number of para-hydroxylation sites is 1. The lowest BCUT2D eigenvalue weighted by Gasteiger charge is -2.17. The van der Waals surface area contributed by atoms with E-state index in [1.165, 1.54) is 0 Å². The van der Waals surface area contributed by atoms with Crippen LogP contribution in [-0.2, 0) is 30.6 Å². The summed E-state index contributed by atoms with van der Waals surface area (Å²) in [6.45, 7) is 6.66. The number of carbonyl (C=O) groups is 2. The van der Waals surface area contributed by atoms with E-state index in [9.17, 15) is 9.59 Å². The predicted molar refractivity (Wildman–Crippen MR) is 112 cm³/mol. The second-order valence-electron chi connectivity index (χ2n) is 6.47. The van der Waals surface area contributed by atoms with Crippen molar-refractivity contribution in [3.05, 3.63) is 41.1 Å². The molecule has 2 aromatic rings. The Morgan fingerprint density at radius 1 is 1.17 bits per heavy atom. The van der Waals surface area contributed by atoms with Crippen molar-refractivity contribution in [3.8, 4) is 5.69 Å². The molecule has 0 radical (unpaired) electrons. The van der Waals surface area contributed by atoms with Crippen LogP contribution in [0, 0.1) is 6.92 Å². The van der Waals surface area contributed by atoms with Crippen LogP contribution in [0.4, 0.5) is 5.82 Å². The molecule has 0 bridgehead atoms. The largest absolute Gasteiger partial charge is 0.351 e. The summed E-state index contributed by atoms with van der Waals surface area (Å²) >= 11 is 1.73. The summed E-state index contributed by atoms with van der Waals surface area (Å²) < 4.78 is 12.5. The van der Waals surface area contributed by atoms with Gasteiger partial charge in [-0.1, -0.05) is 18.2 Å². The number of hydrogen-bond donors (Lipinski definition) is 2. The summed E-state index contributed by atoms with van der Waals surface area (Å²) in [6.07, 6.45) is -0.583. The lowest BCUT2D eigenvalue weighted by molar-refractivity contribution is -0.145. The van der Waals surface area contributed by atoms with E-state index in [1.54, 1.807) is 16.4 Å². The minimum absolute atomic E-state index is 0.0962. The number of aryl methyl sites for hydroxylation is 1. The van der Waals surface area contributed by atoms with Gasteiger partial charge >= 0.3 is 11.8 Å². The highest BCUT2D eigenvalue weighted by atomic mass is 32.2. The van der Waals surface area contributed by atoms with Gasteiger partial charge in [0.1, 0.15) is 5.82 Å². The Morgan fingerprint density at radius 3 is 2.59 bits per heavy atom. The van der Waals surface area contributed by atoms with Crippen molar-refractivity contribution >= 4 is 29.4 Å². The van der Waals surface area contributed by atoms with Gasteiger partial charge < -0.3 is 20.1 Å². The van der Waals surface area contributed by atoms with Gasteiger partial charge in [0, 0.05) is 30.3 Å². The van der Waals surface area contributed by atoms with E-state index in [4.69, 9.17) is 9.47 Å². The summed E-state index contributed by atoms with van der Waals surface area (Å²) in [5, 5.41) is 9.99. The molecule has 0 saturated heterocycles. The number of benzene rings is 1. The van der Waals surface area contributed by atoms with Gasteiger partial charge in [0.15, 0.2) is 6.29 Å². The molecule has 2 heterocycles. The van der Waals surface area contributed by atoms with Gasteiger partial charge in [-0.25, -0.2) is 4.68 Å². The molecule has 1 aromatic heterocycles. The third-order valence-electron chi connectivity index (χ3n) is 4.47. The SMILES string of the molecule is CCOC(CNC(=O)C(=O)Nc1c2c(nn1-c1ccccc1C)CSC2)OCC. The number of aromatic nitrogens is 2. The van der Waals surface area contributed by atoms with Crippen LogP contribution >= 0.6 is 11.8 Å². The molecule has 0 saturated carbocycles. The maximum atomic E-state index is 12.6. The van der Waals surface area contributed by atoms with Crippen LogP contribution < -0.4 is 10.6 Å². The maximum Gasteiger partial charge on any atom is 0.314 e. The van der Waals surface area contributed by atoms with Gasteiger partial charge in [0.2, 0.25) is 0 Å². The molecule has 2 amide bonds. The van der Waals surface area contributed by atoms with Crippen molar-refractivity contribution in [2.75, 3.05) is 25.1 Å². The number of hydrogen-bond acceptors (Lipinski definition) is 6. The molecule has 2 N–H and O–H groups in total. The maximum absolute atomic E-state index is 12.6. The number of nitrogens with one attached hydrogen (secondary N) is 2. The molecule has 0 unspecified atom stereocenters. The topological polar surface area (TPSA) is 94.5 Å². The molecule has 1 aromatic carbocycles. The Kier molecular flexibility index (Phi) is 7.29. The zero-order valence-corrected chi connectivity index (χ0v) is 17.7. The first-order chi connectivity index (χ1) is 14.0. The van der Waals surface area contributed by atoms with Crippen molar-refractivity contribution < 1.29 is 19.1 Å². The molecule has 0 spiro atoms. The number of carbonyl (C=O) groups excluding carboxylic acids is 2. The van der Waals surface area contributed by atoms with Gasteiger partial charge in [0.25, 0.3) is 0 Å². The van der Waals surface area contributed by atoms with Crippen molar-refractivity contribution in [2.24, 2.45) is 0 Å². The van der Waals surface area contributed by atoms with E-state index in [1.807, 2.05) is 45.0 Å². The van der Waals surface area contributed by atoms with Crippen LogP contribution in [0.1, 0.15) is 30.7 Å². The first-order valence-corrected chi connectivity index (χ1v) is 10.8. The summed E-state index contributed by atoms with van der Waals surface area (Å²) in [4.78, 5) is 24.9. The van der Waals surface area contributed by atoms with Gasteiger partial charge in [0.05, 0.1) is 17.9 Å². The highest BCUT2D eigenvalue weighted by Gasteiger charge is 2.27. The average Bonchev–Trinajstić information content (AvgIpc) is 3.29. The van der Waals surface area contributed by atoms with E-state index in [0.29, 0.717) is 19.0 Å². The number of anilines is 1. The van der Waals surface area contributed by atoms with Crippen LogP contribution in [0.15, 0.2) is 24.3 Å². The zero-order valence-electron chi connectivity index (χ0n) is 16.9. The first-order valence-electron chi connectivity index (χ1n) is 9.62. The monoisotopic (exact) mass is 418 g/mol. The number of rotatable bonds is 8. The summed E-state index contributed by atoms with van der Waals surface area (Å²) in [5.41, 5.74) is 3.79. The Bertz CT molecular complexity index is 877. The molecule has 29 heavy (non-hydrogen) atoms. The van der Waals surface area contributed by atoms with Gasteiger partial charge in [-0.15, -0.1) is 0 Å². The second-order valence-corrected chi connectivity index (χ2v) is 7.45. The van der Waals surface area contributed by atoms with E-state index >= 15 is 0 Å². The smallest absolute Gasteiger partial charge is 0.314 e. The molecular weight excluding hydrogens is 392 g/mol. The van der Waals surface area contributed by atoms with Gasteiger partial charge in [-0.05, 0) is 32.4 Å². The van der Waals surface area contributed by atoms with Crippen molar-refractivity contribution in [3.63, 3.8) is 0 Å². The van der Waals surface area contributed by atoms with Crippen molar-refractivity contribution in [2.45, 2.75) is 38.6 Å². The van der Waals surface area contributed by atoms with Crippen LogP contribution in [0.5, 0.6) is 0 Å². The van der Waals surface area contributed by atoms with Crippen LogP contribution in [0.3, 0.4) is 0 Å². The molecule has 0 aliphatic carbocycles. The number of nitrogens with zero attached hydrogens (tertiary/aromatic N) is 2. The zero-order chi connectivity index (χ0) is 20.8. The molecule has 8 nitrogen and oxygen atoms in total. The normalized spacial score (nSPS) is 12.8. The van der Waals surface area contributed by atoms with E-state index in [2.05, 4.69) is 15.7 Å². The van der Waals surface area contributed by atoms with Crippen LogP contribution in [-0.4, -0.2) is 47.6 Å². The molecule has 1 aliphatic rings. The lowest BCUT2D eigenvalue weighted by Crippen LogP contribution is -2.41. The van der Waals surface area contributed by atoms with E-state index in [0.717, 1.165) is 34.0 Å². The highest BCUT2D eigenvalue weighted by molar-refractivity contribution is 7.98. The Hall–Kier alpha value is -2.36. The van der Waals surface area contributed by atoms with E-state index < -0.39 is 18.1 Å². The molecule has 9 heteroatoms. The molecule has 156 valence electrons. The fourth-order valence-electron chi connectivity index (χ4n) is 3.08. The molecule has 0 fully saturated rings. The van der Waals surface area contributed by atoms with Crippen molar-refractivity contribution in [1.29, 1.82) is 0 Å². The van der Waals surface area contributed by atoms with Crippen LogP contribution in [0.2, 0.25) is 0 Å². The second kappa shape index (κ2) is 9.91. The standard InChI is InChI=1S/C20H26N4O4S/c1-4-27-17(28-5-2)10-21-19(25)20(26)22-18-14-11-29-12-15(14)23-24(18)16-9-7-6-8-13(16)3/h6-9,17H,4-5,10-12H2,1-3H3,(H,21,25)(H,22,26). The Labute approximate surface area is 174 Å². The summed E-state index contributed by atoms with van der Waals surface area (Å²) in [6, 6.07) is 7.79. The Balaban J connectivity index is 1.75. The Morgan fingerprint density at radius 2 is 1.90 bits per heavy atom. The van der Waals surface area contributed by atoms with Crippen molar-refractivity contribution in [1.82, 2.24) is 15.1 Å². The van der Waals surface area contributed by atoms with Crippen LogP contribution in [0.25, 0.3) is 5.69 Å². The number of fused-ring (bicyclic) bond motifs is 1. The third-order valence-corrected chi connectivity index (χ3v) is 5.44. The fraction of sp³-hybridized carbons (Fsp3) is 0.450. The van der Waals surface area contributed by atoms with Gasteiger partial charge in [-0.3, -0.25) is 9.59 Å². The molecule has 1 aliphatic heterocycles. The molecular formula is C20H26N4O4S. The summed E-state index contributed by atoms with van der Waals surface area (Å²) in [5.74, 6) is 0.589. The number of ether oxygens (including phenoxy) is 2. The average molecular weight is 419 g/mol. The minimum atomic E-state index is -0.744. The summed E-state index contributed by atoms with van der Waals surface area (Å²) in [7, 11) is 0. The lowest BCUT2D eigenvalue weighted by atomic mass is 10.2. The predicted octanol–water partition coefficient (Wildman–Crippen LogP) is 2.38. The fourth-order valence-corrected chi connectivity index (χ4v) is 4.11. The molecule has 3 rings (SSSR count). The van der Waals surface area contributed by atoms with E-state index in [-0.39, 0.29) is 6.54 Å². The highest BCUT2D eigenvalue weighted by Crippen LogP contribution is 2.36. The first kappa shape index (κ1) is 21.4. The molecule has 0 atom stereocenters. The number of amides is 2.